The van der Waals surface area contributed by atoms with Crippen LogP contribution in [0.1, 0.15) is 24.0 Å². The third-order valence-corrected chi connectivity index (χ3v) is 4.36. The maximum atomic E-state index is 12.3. The minimum absolute atomic E-state index is 0.0781. The number of carbonyl (C=O) groups is 1. The van der Waals surface area contributed by atoms with Gasteiger partial charge in [-0.25, -0.2) is 0 Å². The van der Waals surface area contributed by atoms with E-state index >= 15 is 0 Å². The molecule has 1 aromatic rings. The topological polar surface area (TPSA) is 53.0 Å². The van der Waals surface area contributed by atoms with Crippen LogP contribution in [-0.2, 0) is 4.79 Å². The van der Waals surface area contributed by atoms with Crippen LogP contribution in [0.3, 0.4) is 0 Å². The lowest BCUT2D eigenvalue weighted by Crippen LogP contribution is -2.42. The number of hydrogen-bond donors (Lipinski definition) is 1. The average molecular weight is 320 g/mol. The Hall–Kier alpha value is -1.59. The second-order valence-corrected chi connectivity index (χ2v) is 6.44. The van der Waals surface area contributed by atoms with E-state index < -0.39 is 0 Å². The van der Waals surface area contributed by atoms with E-state index in [-0.39, 0.29) is 18.6 Å². The molecule has 0 saturated carbocycles. The van der Waals surface area contributed by atoms with E-state index in [1.165, 1.54) is 11.1 Å². The highest BCUT2D eigenvalue weighted by Gasteiger charge is 2.26. The lowest BCUT2D eigenvalue weighted by atomic mass is 10.1. The molecule has 0 aromatic heterocycles. The highest BCUT2D eigenvalue weighted by molar-refractivity contribution is 5.78. The number of aliphatic hydroxyl groups is 1. The van der Waals surface area contributed by atoms with Crippen molar-refractivity contribution in [2.75, 3.05) is 39.9 Å². The molecule has 1 unspecified atom stereocenters. The average Bonchev–Trinajstić information content (AvgIpc) is 2.93. The van der Waals surface area contributed by atoms with Gasteiger partial charge in [-0.2, -0.15) is 0 Å². The van der Waals surface area contributed by atoms with Crippen molar-refractivity contribution in [3.05, 3.63) is 29.3 Å². The zero-order valence-corrected chi connectivity index (χ0v) is 14.4. The van der Waals surface area contributed by atoms with E-state index in [4.69, 9.17) is 4.74 Å². The van der Waals surface area contributed by atoms with E-state index in [1.807, 2.05) is 26.0 Å². The second-order valence-electron chi connectivity index (χ2n) is 6.44. The standard InChI is InChI=1S/C18H28N2O3/c1-14-9-15(2)11-17(10-14)23-8-7-19(3)18(22)12-20-6-4-5-16(20)13-21/h9-11,16,21H,4-8,12-13H2,1-3H3. The molecule has 5 nitrogen and oxygen atoms in total. The summed E-state index contributed by atoms with van der Waals surface area (Å²) in [4.78, 5) is 16.0. The van der Waals surface area contributed by atoms with Crippen molar-refractivity contribution >= 4 is 5.91 Å². The van der Waals surface area contributed by atoms with E-state index in [0.717, 1.165) is 25.1 Å². The van der Waals surface area contributed by atoms with Gasteiger partial charge < -0.3 is 14.7 Å². The van der Waals surface area contributed by atoms with Crippen molar-refractivity contribution < 1.29 is 14.6 Å². The summed E-state index contributed by atoms with van der Waals surface area (Å²) in [6.07, 6.45) is 2.03. The van der Waals surface area contributed by atoms with Gasteiger partial charge in [-0.1, -0.05) is 6.07 Å². The number of rotatable bonds is 7. The van der Waals surface area contributed by atoms with Gasteiger partial charge in [0.25, 0.3) is 0 Å². The fraction of sp³-hybridized carbons (Fsp3) is 0.611. The van der Waals surface area contributed by atoms with Crippen LogP contribution in [0.4, 0.5) is 0 Å². The fourth-order valence-electron chi connectivity index (χ4n) is 3.05. The lowest BCUT2D eigenvalue weighted by Gasteiger charge is -2.25. The Balaban J connectivity index is 1.75. The monoisotopic (exact) mass is 320 g/mol. The molecule has 0 bridgehead atoms. The molecular weight excluding hydrogens is 292 g/mol. The number of ether oxygens (including phenoxy) is 1. The number of likely N-dealkylation sites (tertiary alicyclic amines) is 1. The number of likely N-dealkylation sites (N-methyl/N-ethyl adjacent to an activating group) is 1. The Morgan fingerprint density at radius 1 is 1.35 bits per heavy atom. The van der Waals surface area contributed by atoms with Gasteiger partial charge in [0.2, 0.25) is 5.91 Å². The molecular formula is C18H28N2O3. The van der Waals surface area contributed by atoms with Crippen LogP contribution in [0.5, 0.6) is 5.75 Å². The van der Waals surface area contributed by atoms with Crippen LogP contribution in [-0.4, -0.2) is 66.8 Å². The predicted octanol–water partition coefficient (Wildman–Crippen LogP) is 1.60. The molecule has 1 N–H and O–H groups in total. The minimum atomic E-state index is 0.0781. The Kier molecular flexibility index (Phi) is 6.42. The van der Waals surface area contributed by atoms with Crippen molar-refractivity contribution in [1.29, 1.82) is 0 Å². The van der Waals surface area contributed by atoms with Gasteiger partial charge in [0.15, 0.2) is 0 Å². The Morgan fingerprint density at radius 3 is 2.70 bits per heavy atom. The third kappa shape index (κ3) is 5.22. The lowest BCUT2D eigenvalue weighted by molar-refractivity contribution is -0.131. The molecule has 128 valence electrons. The predicted molar refractivity (Wildman–Crippen MR) is 90.7 cm³/mol. The van der Waals surface area contributed by atoms with Crippen molar-refractivity contribution in [3.8, 4) is 5.75 Å². The van der Waals surface area contributed by atoms with Crippen LogP contribution < -0.4 is 4.74 Å². The van der Waals surface area contributed by atoms with Gasteiger partial charge in [-0.15, -0.1) is 0 Å². The molecule has 0 spiro atoms. The number of amides is 1. The SMILES string of the molecule is Cc1cc(C)cc(OCCN(C)C(=O)CN2CCCC2CO)c1. The first-order chi connectivity index (χ1) is 11.0. The van der Waals surface area contributed by atoms with Gasteiger partial charge in [-0.3, -0.25) is 9.69 Å². The van der Waals surface area contributed by atoms with Gasteiger partial charge >= 0.3 is 0 Å². The van der Waals surface area contributed by atoms with E-state index in [1.54, 1.807) is 11.9 Å². The maximum Gasteiger partial charge on any atom is 0.236 e. The normalized spacial score (nSPS) is 18.2. The molecule has 2 rings (SSSR count). The molecule has 1 aliphatic heterocycles. The Labute approximate surface area is 138 Å². The molecule has 1 aromatic carbocycles. The Bertz CT molecular complexity index is 513. The van der Waals surface area contributed by atoms with Gasteiger partial charge in [0, 0.05) is 13.1 Å². The summed E-state index contributed by atoms with van der Waals surface area (Å²) in [5, 5.41) is 9.31. The molecule has 1 atom stereocenters. The number of aliphatic hydroxyl groups excluding tert-OH is 1. The van der Waals surface area contributed by atoms with Crippen LogP contribution in [0.25, 0.3) is 0 Å². The van der Waals surface area contributed by atoms with Crippen molar-refractivity contribution in [3.63, 3.8) is 0 Å². The fourth-order valence-corrected chi connectivity index (χ4v) is 3.05. The summed E-state index contributed by atoms with van der Waals surface area (Å²) in [6, 6.07) is 6.25. The van der Waals surface area contributed by atoms with E-state index in [9.17, 15) is 9.90 Å². The van der Waals surface area contributed by atoms with Crippen LogP contribution >= 0.6 is 0 Å². The molecule has 23 heavy (non-hydrogen) atoms. The summed E-state index contributed by atoms with van der Waals surface area (Å²) < 4.78 is 5.75. The second kappa shape index (κ2) is 8.31. The van der Waals surface area contributed by atoms with Gasteiger partial charge in [0.1, 0.15) is 12.4 Å². The molecule has 1 saturated heterocycles. The quantitative estimate of drug-likeness (QED) is 0.829. The largest absolute Gasteiger partial charge is 0.492 e. The van der Waals surface area contributed by atoms with E-state index in [0.29, 0.717) is 19.7 Å². The number of hydrogen-bond acceptors (Lipinski definition) is 4. The summed E-state index contributed by atoms with van der Waals surface area (Å²) in [7, 11) is 1.80. The number of aryl methyl sites for hydroxylation is 2. The number of benzene rings is 1. The highest BCUT2D eigenvalue weighted by Crippen LogP contribution is 2.17. The van der Waals surface area contributed by atoms with Crippen molar-refractivity contribution in [2.24, 2.45) is 0 Å². The zero-order chi connectivity index (χ0) is 16.8. The molecule has 5 heteroatoms. The van der Waals surface area contributed by atoms with Gasteiger partial charge in [-0.05, 0) is 56.5 Å². The van der Waals surface area contributed by atoms with Crippen LogP contribution in [0, 0.1) is 13.8 Å². The van der Waals surface area contributed by atoms with Crippen LogP contribution in [0.2, 0.25) is 0 Å². The van der Waals surface area contributed by atoms with Crippen molar-refractivity contribution in [1.82, 2.24) is 9.80 Å². The summed E-state index contributed by atoms with van der Waals surface area (Å²) in [5.74, 6) is 0.928. The molecule has 1 fully saturated rings. The minimum Gasteiger partial charge on any atom is -0.492 e. The smallest absolute Gasteiger partial charge is 0.236 e. The first kappa shape index (κ1) is 17.8. The molecule has 0 aliphatic carbocycles. The first-order valence-corrected chi connectivity index (χ1v) is 8.29. The van der Waals surface area contributed by atoms with E-state index in [2.05, 4.69) is 11.0 Å². The molecule has 1 heterocycles. The summed E-state index contributed by atoms with van der Waals surface area (Å²) in [6.45, 7) is 6.53. The Morgan fingerprint density at radius 2 is 2.04 bits per heavy atom. The zero-order valence-electron chi connectivity index (χ0n) is 14.4. The molecule has 1 aliphatic rings. The summed E-state index contributed by atoms with van der Waals surface area (Å²) in [5.41, 5.74) is 2.35. The summed E-state index contributed by atoms with van der Waals surface area (Å²) >= 11 is 0. The molecule has 0 radical (unpaired) electrons. The van der Waals surface area contributed by atoms with Crippen molar-refractivity contribution in [2.45, 2.75) is 32.7 Å². The number of carbonyl (C=O) groups excluding carboxylic acids is 1. The number of nitrogens with zero attached hydrogens (tertiary/aromatic N) is 2. The molecule has 1 amide bonds. The first-order valence-electron chi connectivity index (χ1n) is 8.29. The third-order valence-electron chi connectivity index (χ3n) is 4.36. The maximum absolute atomic E-state index is 12.3. The highest BCUT2D eigenvalue weighted by atomic mass is 16.5. The van der Waals surface area contributed by atoms with Crippen LogP contribution in [0.15, 0.2) is 18.2 Å². The van der Waals surface area contributed by atoms with Gasteiger partial charge in [0.05, 0.1) is 19.7 Å².